The van der Waals surface area contributed by atoms with Crippen LogP contribution in [0.15, 0.2) is 0 Å². The first kappa shape index (κ1) is 11.8. The zero-order valence-electron chi connectivity index (χ0n) is 8.63. The van der Waals surface area contributed by atoms with E-state index in [1.165, 1.54) is 0 Å². The second kappa shape index (κ2) is 5.58. The van der Waals surface area contributed by atoms with Crippen molar-refractivity contribution in [2.45, 2.75) is 19.4 Å². The van der Waals surface area contributed by atoms with Crippen LogP contribution in [0.1, 0.15) is 6.92 Å². The molecule has 1 heterocycles. The summed E-state index contributed by atoms with van der Waals surface area (Å²) >= 11 is 0. The highest BCUT2D eigenvalue weighted by Crippen LogP contribution is 2.10. The third-order valence-corrected chi connectivity index (χ3v) is 2.67. The second-order valence-electron chi connectivity index (χ2n) is 3.82. The van der Waals surface area contributed by atoms with Crippen molar-refractivity contribution in [3.05, 3.63) is 0 Å². The number of halogens is 2. The molecule has 0 saturated carbocycles. The number of hydrogen-bond acceptors (Lipinski definition) is 3. The summed E-state index contributed by atoms with van der Waals surface area (Å²) in [5, 5.41) is 0. The molecule has 1 aliphatic heterocycles. The molecule has 0 radical (unpaired) electrons. The first-order valence-electron chi connectivity index (χ1n) is 5.08. The lowest BCUT2D eigenvalue weighted by Crippen LogP contribution is -2.53. The first-order chi connectivity index (χ1) is 6.63. The van der Waals surface area contributed by atoms with E-state index in [-0.39, 0.29) is 12.6 Å². The van der Waals surface area contributed by atoms with Gasteiger partial charge in [0.05, 0.1) is 6.54 Å². The van der Waals surface area contributed by atoms with E-state index in [0.717, 1.165) is 26.2 Å². The van der Waals surface area contributed by atoms with Gasteiger partial charge in [0, 0.05) is 38.8 Å². The monoisotopic (exact) mass is 207 g/mol. The molecule has 14 heavy (non-hydrogen) atoms. The molecular weight excluding hydrogens is 188 g/mol. The molecule has 0 aromatic heterocycles. The predicted molar refractivity (Wildman–Crippen MR) is 52.5 cm³/mol. The van der Waals surface area contributed by atoms with Gasteiger partial charge in [-0.25, -0.2) is 8.78 Å². The molecule has 1 unspecified atom stereocenters. The van der Waals surface area contributed by atoms with Gasteiger partial charge < -0.3 is 5.73 Å². The fraction of sp³-hybridized carbons (Fsp3) is 1.00. The van der Waals surface area contributed by atoms with Crippen LogP contribution in [0.25, 0.3) is 0 Å². The van der Waals surface area contributed by atoms with Crippen molar-refractivity contribution in [2.24, 2.45) is 5.73 Å². The average Bonchev–Trinajstić information content (AvgIpc) is 2.10. The molecule has 0 amide bonds. The molecule has 1 rings (SSSR count). The predicted octanol–water partition coefficient (Wildman–Crippen LogP) is 0.216. The van der Waals surface area contributed by atoms with Crippen molar-refractivity contribution in [3.8, 4) is 0 Å². The summed E-state index contributed by atoms with van der Waals surface area (Å²) in [6.07, 6.45) is -2.22. The Morgan fingerprint density at radius 1 is 1.43 bits per heavy atom. The maximum atomic E-state index is 12.2. The van der Waals surface area contributed by atoms with Gasteiger partial charge in [0.2, 0.25) is 0 Å². The molecule has 1 saturated heterocycles. The molecule has 5 heteroatoms. The standard InChI is InChI=1S/C9H19F2N3/c1-8-6-13(3-2-12)4-5-14(8)7-9(10)11/h8-9H,2-7,12H2,1H3. The maximum Gasteiger partial charge on any atom is 0.251 e. The van der Waals surface area contributed by atoms with Crippen molar-refractivity contribution >= 4 is 0 Å². The molecule has 84 valence electrons. The van der Waals surface area contributed by atoms with Gasteiger partial charge in [0.25, 0.3) is 6.43 Å². The Labute approximate surface area is 83.8 Å². The van der Waals surface area contributed by atoms with Gasteiger partial charge in [-0.2, -0.15) is 0 Å². The number of piperazine rings is 1. The molecule has 1 aliphatic rings. The SMILES string of the molecule is CC1CN(CCN)CCN1CC(F)F. The first-order valence-corrected chi connectivity index (χ1v) is 5.08. The summed E-state index contributed by atoms with van der Waals surface area (Å²) in [6.45, 7) is 5.83. The van der Waals surface area contributed by atoms with Gasteiger partial charge in [0.15, 0.2) is 0 Å². The van der Waals surface area contributed by atoms with E-state index in [9.17, 15) is 8.78 Å². The van der Waals surface area contributed by atoms with Crippen LogP contribution in [0.5, 0.6) is 0 Å². The highest BCUT2D eigenvalue weighted by Gasteiger charge is 2.24. The summed E-state index contributed by atoms with van der Waals surface area (Å²) in [7, 11) is 0. The van der Waals surface area contributed by atoms with Gasteiger partial charge in [-0.05, 0) is 6.92 Å². The van der Waals surface area contributed by atoms with Crippen LogP contribution < -0.4 is 5.73 Å². The molecule has 0 aromatic rings. The van der Waals surface area contributed by atoms with Crippen LogP contribution in [-0.4, -0.2) is 61.5 Å². The van der Waals surface area contributed by atoms with E-state index in [1.807, 2.05) is 11.8 Å². The van der Waals surface area contributed by atoms with Crippen molar-refractivity contribution in [2.75, 3.05) is 39.3 Å². The molecular formula is C9H19F2N3. The molecule has 2 N–H and O–H groups in total. The Morgan fingerprint density at radius 3 is 2.64 bits per heavy atom. The van der Waals surface area contributed by atoms with E-state index >= 15 is 0 Å². The molecule has 0 bridgehead atoms. The minimum absolute atomic E-state index is 0.0996. The summed E-state index contributed by atoms with van der Waals surface area (Å²) in [4.78, 5) is 4.07. The lowest BCUT2D eigenvalue weighted by molar-refractivity contribution is 0.0274. The van der Waals surface area contributed by atoms with E-state index in [0.29, 0.717) is 6.54 Å². The zero-order chi connectivity index (χ0) is 10.6. The van der Waals surface area contributed by atoms with Crippen molar-refractivity contribution < 1.29 is 8.78 Å². The molecule has 3 nitrogen and oxygen atoms in total. The molecule has 0 aromatic carbocycles. The Kier molecular flexibility index (Phi) is 4.71. The molecule has 0 spiro atoms. The summed E-state index contributed by atoms with van der Waals surface area (Å²) in [5.74, 6) is 0. The lowest BCUT2D eigenvalue weighted by atomic mass is 10.2. The maximum absolute atomic E-state index is 12.2. The van der Waals surface area contributed by atoms with Gasteiger partial charge in [-0.15, -0.1) is 0 Å². The third-order valence-electron chi connectivity index (χ3n) is 2.67. The van der Waals surface area contributed by atoms with Crippen LogP contribution in [-0.2, 0) is 0 Å². The molecule has 1 fully saturated rings. The normalized spacial score (nSPS) is 25.9. The Morgan fingerprint density at radius 2 is 2.14 bits per heavy atom. The van der Waals surface area contributed by atoms with E-state index in [2.05, 4.69) is 4.90 Å². The van der Waals surface area contributed by atoms with E-state index < -0.39 is 6.43 Å². The van der Waals surface area contributed by atoms with Crippen LogP contribution >= 0.6 is 0 Å². The van der Waals surface area contributed by atoms with Gasteiger partial charge in [-0.3, -0.25) is 9.80 Å². The lowest BCUT2D eigenvalue weighted by Gasteiger charge is -2.39. The fourth-order valence-electron chi connectivity index (χ4n) is 1.90. The summed E-state index contributed by atoms with van der Waals surface area (Å²) in [5.41, 5.74) is 5.44. The highest BCUT2D eigenvalue weighted by atomic mass is 19.3. The quantitative estimate of drug-likeness (QED) is 0.715. The van der Waals surface area contributed by atoms with Gasteiger partial charge in [0.1, 0.15) is 0 Å². The topological polar surface area (TPSA) is 32.5 Å². The van der Waals surface area contributed by atoms with Crippen LogP contribution in [0.2, 0.25) is 0 Å². The number of alkyl halides is 2. The van der Waals surface area contributed by atoms with Crippen LogP contribution in [0, 0.1) is 0 Å². The van der Waals surface area contributed by atoms with E-state index in [1.54, 1.807) is 0 Å². The number of nitrogens with zero attached hydrogens (tertiary/aromatic N) is 2. The van der Waals surface area contributed by atoms with Crippen molar-refractivity contribution in [1.29, 1.82) is 0 Å². The second-order valence-corrected chi connectivity index (χ2v) is 3.82. The largest absolute Gasteiger partial charge is 0.329 e. The molecule has 0 aliphatic carbocycles. The zero-order valence-corrected chi connectivity index (χ0v) is 8.63. The van der Waals surface area contributed by atoms with Crippen molar-refractivity contribution in [3.63, 3.8) is 0 Å². The van der Waals surface area contributed by atoms with Crippen molar-refractivity contribution in [1.82, 2.24) is 9.80 Å². The summed E-state index contributed by atoms with van der Waals surface area (Å²) < 4.78 is 24.3. The Bertz CT molecular complexity index is 166. The Hall–Kier alpha value is -0.260. The van der Waals surface area contributed by atoms with Crippen LogP contribution in [0.4, 0.5) is 8.78 Å². The number of nitrogens with two attached hydrogens (primary N) is 1. The highest BCUT2D eigenvalue weighted by molar-refractivity contribution is 4.79. The minimum atomic E-state index is -2.22. The molecule has 1 atom stereocenters. The van der Waals surface area contributed by atoms with Gasteiger partial charge in [-0.1, -0.05) is 0 Å². The van der Waals surface area contributed by atoms with Crippen LogP contribution in [0.3, 0.4) is 0 Å². The fourth-order valence-corrected chi connectivity index (χ4v) is 1.90. The summed E-state index contributed by atoms with van der Waals surface area (Å²) in [6, 6.07) is 0.212. The minimum Gasteiger partial charge on any atom is -0.329 e. The Balaban J connectivity index is 2.32. The average molecular weight is 207 g/mol. The van der Waals surface area contributed by atoms with Gasteiger partial charge >= 0.3 is 0 Å². The number of hydrogen-bond donors (Lipinski definition) is 1. The number of rotatable bonds is 4. The smallest absolute Gasteiger partial charge is 0.251 e. The van der Waals surface area contributed by atoms with E-state index in [4.69, 9.17) is 5.73 Å². The third kappa shape index (κ3) is 3.48.